The van der Waals surface area contributed by atoms with Gasteiger partial charge in [-0.3, -0.25) is 0 Å². The number of hydrogen-bond donors (Lipinski definition) is 0. The van der Waals surface area contributed by atoms with Gasteiger partial charge in [0.2, 0.25) is 0 Å². The molecule has 47 nitrogen and oxygen atoms in total. The Bertz CT molecular complexity index is 1950. The summed E-state index contributed by atoms with van der Waals surface area (Å²) >= 11 is 0. The van der Waals surface area contributed by atoms with Gasteiger partial charge < -0.3 is 223 Å². The van der Waals surface area contributed by atoms with E-state index in [0.29, 0.717) is 601 Å². The van der Waals surface area contributed by atoms with Gasteiger partial charge in [-0.15, -0.1) is 0 Å². The minimum Gasteiger partial charge on any atom is -0.382 e. The van der Waals surface area contributed by atoms with Crippen LogP contribution in [0.15, 0.2) is 0 Å². The van der Waals surface area contributed by atoms with Crippen molar-refractivity contribution in [1.29, 1.82) is 0 Å². The van der Waals surface area contributed by atoms with Crippen LogP contribution in [0.25, 0.3) is 0 Å². The molecule has 1 aliphatic heterocycles. The van der Waals surface area contributed by atoms with Crippen molar-refractivity contribution in [2.75, 3.05) is 615 Å². The van der Waals surface area contributed by atoms with E-state index in [4.69, 9.17) is 223 Å². The Hall–Kier alpha value is -1.88. The third-order valence-electron chi connectivity index (χ3n) is 17.5. The van der Waals surface area contributed by atoms with Crippen LogP contribution < -0.4 is 0 Å². The van der Waals surface area contributed by atoms with E-state index in [9.17, 15) is 0 Å². The second-order valence-corrected chi connectivity index (χ2v) is 29.0. The molecule has 141 heavy (non-hydrogen) atoms. The summed E-state index contributed by atoms with van der Waals surface area (Å²) in [5.74, 6) is 0. The third-order valence-corrected chi connectivity index (χ3v) is 17.5. The first kappa shape index (κ1) is 137. The van der Waals surface area contributed by atoms with Gasteiger partial charge in [0.25, 0.3) is 0 Å². The Labute approximate surface area is 840 Å². The SMILES string of the molecule is COCCOCCOCCOCCOCCOCCOCCOCCOCCOCCOCCOCCOCCOCCOCCOCCOCCOCCOCCOCCOCCOCCOCCOCCOCCOCCOCCOCCOCCOCCOCCOCCOCCOCCOCCOCCOCCOCCOCCOCCOCCOCCOCCOCCOCCOCC1CO1. The molecule has 1 saturated heterocycles. The Morgan fingerprint density at radius 1 is 0.0993 bits per heavy atom. The van der Waals surface area contributed by atoms with Crippen LogP contribution in [0.4, 0.5) is 0 Å². The van der Waals surface area contributed by atoms with Crippen molar-refractivity contribution in [1.82, 2.24) is 0 Å². The fourth-order valence-corrected chi connectivity index (χ4v) is 10.2. The lowest BCUT2D eigenvalue weighted by Crippen LogP contribution is -2.16. The molecule has 1 heterocycles. The average Bonchev–Trinajstić information content (AvgIpc) is 1.81. The maximum absolute atomic E-state index is 5.56. The number of rotatable bonds is 137. The largest absolute Gasteiger partial charge is 0.382 e. The number of methoxy groups -OCH3 is 1. The monoisotopic (exact) mass is 2070 g/mol. The molecule has 0 aromatic heterocycles. The normalized spacial score (nSPS) is 12.8. The zero-order valence-electron chi connectivity index (χ0n) is 85.8. The molecule has 0 aromatic rings. The lowest BCUT2D eigenvalue weighted by molar-refractivity contribution is -0.0330. The minimum absolute atomic E-state index is 0.283. The maximum atomic E-state index is 5.56. The predicted molar refractivity (Wildman–Crippen MR) is 508 cm³/mol. The molecule has 1 atom stereocenters. The highest BCUT2D eigenvalue weighted by Crippen LogP contribution is 2.08. The number of hydrogen-bond acceptors (Lipinski definition) is 47. The molecule has 0 aliphatic carbocycles. The van der Waals surface area contributed by atoms with Gasteiger partial charge in [-0.1, -0.05) is 0 Å². The van der Waals surface area contributed by atoms with Crippen LogP contribution in [-0.4, -0.2) is 621 Å². The first-order chi connectivity index (χ1) is 70.4. The molecule has 0 bridgehead atoms. The highest BCUT2D eigenvalue weighted by atomic mass is 16.7. The van der Waals surface area contributed by atoms with E-state index in [2.05, 4.69) is 0 Å². The Balaban J connectivity index is 1.57. The van der Waals surface area contributed by atoms with Crippen LogP contribution in [-0.2, 0) is 223 Å². The smallest absolute Gasteiger partial charge is 0.104 e. The first-order valence-corrected chi connectivity index (χ1v) is 50.5. The van der Waals surface area contributed by atoms with Crippen molar-refractivity contribution in [3.8, 4) is 0 Å². The maximum Gasteiger partial charge on any atom is 0.104 e. The summed E-state index contributed by atoms with van der Waals surface area (Å²) in [6.45, 7) is 45.3. The highest BCUT2D eigenvalue weighted by molar-refractivity contribution is 4.67. The van der Waals surface area contributed by atoms with E-state index in [1.807, 2.05) is 0 Å². The van der Waals surface area contributed by atoms with E-state index in [1.54, 1.807) is 7.11 Å². The number of epoxide rings is 1. The van der Waals surface area contributed by atoms with Gasteiger partial charge in [-0.2, -0.15) is 0 Å². The molecule has 1 aliphatic rings. The van der Waals surface area contributed by atoms with E-state index in [-0.39, 0.29) is 6.10 Å². The summed E-state index contributed by atoms with van der Waals surface area (Å²) in [7, 11) is 1.64. The van der Waals surface area contributed by atoms with Gasteiger partial charge in [0.1, 0.15) is 6.10 Å². The molecule has 1 rings (SSSR count). The zero-order chi connectivity index (χ0) is 99.9. The van der Waals surface area contributed by atoms with Crippen molar-refractivity contribution >= 4 is 0 Å². The molecule has 1 unspecified atom stereocenters. The molecular formula is C94H188O47. The van der Waals surface area contributed by atoms with E-state index < -0.39 is 0 Å². The molecule has 0 saturated carbocycles. The van der Waals surface area contributed by atoms with Crippen LogP contribution in [0.5, 0.6) is 0 Å². The highest BCUT2D eigenvalue weighted by Gasteiger charge is 2.22. The molecule has 0 N–H and O–H groups in total. The van der Waals surface area contributed by atoms with E-state index in [1.165, 1.54) is 0 Å². The standard InChI is InChI=1S/C94H188O47/c1-95-2-3-96-4-5-97-6-7-98-8-9-99-10-11-100-12-13-101-14-15-102-16-17-103-18-19-104-20-21-105-22-23-106-24-25-107-26-27-108-28-29-109-30-31-110-32-33-111-34-35-112-36-37-113-38-39-114-40-41-115-42-43-116-44-45-117-46-47-118-48-49-119-50-51-120-52-53-121-54-55-122-56-57-123-58-59-124-60-61-125-62-63-126-64-65-127-66-67-128-68-69-129-70-71-130-72-73-131-74-75-132-76-77-133-78-79-134-80-81-135-82-83-136-84-85-137-86-87-138-88-89-139-90-91-140-92-94-93-141-94/h94H,2-93H2,1H3. The van der Waals surface area contributed by atoms with E-state index in [0.717, 1.165) is 6.61 Å². The summed E-state index contributed by atoms with van der Waals surface area (Å²) in [4.78, 5) is 0. The molecule has 1 fully saturated rings. The van der Waals surface area contributed by atoms with Crippen molar-refractivity contribution in [3.63, 3.8) is 0 Å². The Morgan fingerprint density at radius 3 is 0.213 bits per heavy atom. The molecule has 846 valence electrons. The first-order valence-electron chi connectivity index (χ1n) is 50.5. The van der Waals surface area contributed by atoms with E-state index >= 15 is 0 Å². The summed E-state index contributed by atoms with van der Waals surface area (Å²) < 4.78 is 259. The molecular weight excluding hydrogens is 1880 g/mol. The second-order valence-electron chi connectivity index (χ2n) is 29.0. The average molecular weight is 2070 g/mol. The quantitative estimate of drug-likeness (QED) is 0.0599. The summed E-state index contributed by atoms with van der Waals surface area (Å²) in [6, 6.07) is 0. The topological polar surface area (TPSA) is 437 Å². The third kappa shape index (κ3) is 132. The van der Waals surface area contributed by atoms with Crippen LogP contribution in [0.3, 0.4) is 0 Å². The van der Waals surface area contributed by atoms with Gasteiger partial charge in [-0.25, -0.2) is 0 Å². The van der Waals surface area contributed by atoms with Gasteiger partial charge in [-0.05, 0) is 0 Å². The predicted octanol–water partition coefficient (Wildman–Crippen LogP) is 0.779. The molecule has 0 radical (unpaired) electrons. The van der Waals surface area contributed by atoms with Crippen LogP contribution in [0.2, 0.25) is 0 Å². The minimum atomic E-state index is 0.283. The van der Waals surface area contributed by atoms with Gasteiger partial charge >= 0.3 is 0 Å². The lowest BCUT2D eigenvalue weighted by Gasteiger charge is -2.09. The van der Waals surface area contributed by atoms with Crippen molar-refractivity contribution in [3.05, 3.63) is 0 Å². The van der Waals surface area contributed by atoms with Crippen LogP contribution >= 0.6 is 0 Å². The summed E-state index contributed by atoms with van der Waals surface area (Å²) in [6.07, 6.45) is 0.283. The fourth-order valence-electron chi connectivity index (χ4n) is 10.2. The molecule has 0 spiro atoms. The molecule has 0 amide bonds. The van der Waals surface area contributed by atoms with Crippen LogP contribution in [0, 0.1) is 0 Å². The van der Waals surface area contributed by atoms with Crippen molar-refractivity contribution < 1.29 is 223 Å². The molecule has 47 heteroatoms. The van der Waals surface area contributed by atoms with Gasteiger partial charge in [0.05, 0.1) is 608 Å². The summed E-state index contributed by atoms with van der Waals surface area (Å²) in [5.41, 5.74) is 0. The lowest BCUT2D eigenvalue weighted by atomic mass is 10.5. The van der Waals surface area contributed by atoms with Crippen molar-refractivity contribution in [2.24, 2.45) is 0 Å². The van der Waals surface area contributed by atoms with Crippen LogP contribution in [0.1, 0.15) is 0 Å². The number of ether oxygens (including phenoxy) is 47. The van der Waals surface area contributed by atoms with Crippen molar-refractivity contribution in [2.45, 2.75) is 6.10 Å². The Morgan fingerprint density at radius 2 is 0.156 bits per heavy atom. The summed E-state index contributed by atoms with van der Waals surface area (Å²) in [5, 5.41) is 0. The zero-order valence-corrected chi connectivity index (χ0v) is 85.8. The fraction of sp³-hybridized carbons (Fsp3) is 1.00. The molecule has 0 aromatic carbocycles. The Kier molecular flexibility index (Phi) is 129. The van der Waals surface area contributed by atoms with Gasteiger partial charge in [0.15, 0.2) is 0 Å². The second kappa shape index (κ2) is 132. The van der Waals surface area contributed by atoms with Gasteiger partial charge in [0, 0.05) is 7.11 Å².